The molecule has 7 aromatic carbocycles. The number of carbonyl (C=O) groups is 1. The quantitative estimate of drug-likeness (QED) is 0.0784. The van der Waals surface area contributed by atoms with Gasteiger partial charge in [-0.1, -0.05) is 82.6 Å². The number of anilines is 1. The topological polar surface area (TPSA) is 166 Å². The minimum Gasteiger partial charge on any atom is -0.457 e. The molecule has 3 aromatic heterocycles. The molecule has 8 bridgehead atoms. The molecule has 0 saturated carbocycles. The first-order valence-corrected chi connectivity index (χ1v) is 26.5. The lowest BCUT2D eigenvalue weighted by molar-refractivity contribution is -0.116. The highest BCUT2D eigenvalue weighted by atomic mass is 33.1. The van der Waals surface area contributed by atoms with E-state index in [9.17, 15) is 4.79 Å². The van der Waals surface area contributed by atoms with E-state index in [2.05, 4.69) is 15.3 Å². The van der Waals surface area contributed by atoms with Crippen molar-refractivity contribution in [3.05, 3.63) is 164 Å². The number of nitrogens with zero attached hydrogens (tertiary/aromatic N) is 6. The van der Waals surface area contributed by atoms with Crippen molar-refractivity contribution in [2.75, 3.05) is 11.1 Å². The van der Waals surface area contributed by atoms with E-state index in [4.69, 9.17) is 44.1 Å². The molecule has 13 rings (SSSR count). The van der Waals surface area contributed by atoms with Gasteiger partial charge >= 0.3 is 0 Å². The van der Waals surface area contributed by atoms with Gasteiger partial charge in [-0.15, -0.1) is 0 Å². The highest BCUT2D eigenvalue weighted by molar-refractivity contribution is 8.77. The molecule has 3 aliphatic heterocycles. The molecule has 3 N–H and O–H groups in total. The predicted octanol–water partition coefficient (Wildman–Crippen LogP) is 14.9. The van der Waals surface area contributed by atoms with E-state index < -0.39 is 0 Å². The largest absolute Gasteiger partial charge is 0.457 e. The Balaban J connectivity index is 1.01. The van der Waals surface area contributed by atoms with Gasteiger partial charge in [0.25, 0.3) is 0 Å². The summed E-state index contributed by atoms with van der Waals surface area (Å²) in [5, 5.41) is 6.89. The van der Waals surface area contributed by atoms with Crippen LogP contribution in [-0.2, 0) is 4.79 Å². The van der Waals surface area contributed by atoms with Crippen LogP contribution in [0, 0.1) is 0 Å². The minimum absolute atomic E-state index is 0.0298. The number of aromatic amines is 2. The van der Waals surface area contributed by atoms with Crippen molar-refractivity contribution in [2.24, 2.45) is 0 Å². The minimum atomic E-state index is -0.0298. The van der Waals surface area contributed by atoms with Crippen LogP contribution >= 0.6 is 21.6 Å². The van der Waals surface area contributed by atoms with Gasteiger partial charge in [0, 0.05) is 66.9 Å². The van der Waals surface area contributed by atoms with E-state index in [0.29, 0.717) is 97.7 Å². The van der Waals surface area contributed by atoms with Gasteiger partial charge in [0.2, 0.25) is 5.91 Å². The van der Waals surface area contributed by atoms with Crippen molar-refractivity contribution in [1.29, 1.82) is 0 Å². The monoisotopic (exact) mass is 993 g/mol. The summed E-state index contributed by atoms with van der Waals surface area (Å²) >= 11 is 0. The molecule has 1 saturated heterocycles. The molecule has 1 fully saturated rings. The number of unbranched alkanes of at least 4 members (excludes halogenated alkanes) is 1. The Labute approximate surface area is 426 Å². The van der Waals surface area contributed by atoms with Crippen LogP contribution in [0.1, 0.15) is 32.1 Å². The summed E-state index contributed by atoms with van der Waals surface area (Å²) in [7, 11) is 3.93. The zero-order chi connectivity index (χ0) is 48.7. The second kappa shape index (κ2) is 19.2. The first-order chi connectivity index (χ1) is 36.0. The average Bonchev–Trinajstić information content (AvgIpc) is 4.26. The number of benzene rings is 7. The fourth-order valence-electron chi connectivity index (χ4n) is 9.32. The summed E-state index contributed by atoms with van der Waals surface area (Å²) in [6.07, 6.45) is 4.68. The standard InChI is InChI=1S/C58H43N9O4S2/c68-50(19-11-10-18-41-28-29-72-73-41)59-34-20-24-42-46(30-34)55-60-51(42)62-56-48-32-39(70-36-14-6-2-7-15-36)22-26-44(48)53(64-56)66-58-49-33-40(71-37-16-8-3-9-17-37)23-27-45(49)54(67-58)65-57-47-31-38(69-35-12-4-1-5-13-35)21-25-43(47)52(61-55)63-57/h1-9,12-17,20-27,30-33,41H,10-11,18-19,28-29H2,(H,59,68)(H2,60,61,62,63,64,65,66,67). The maximum absolute atomic E-state index is 13.4. The van der Waals surface area contributed by atoms with Gasteiger partial charge in [0.1, 0.15) is 57.1 Å². The molecule has 1 amide bonds. The summed E-state index contributed by atoms with van der Waals surface area (Å²) in [5.41, 5.74) is 5.65. The van der Waals surface area contributed by atoms with Crippen LogP contribution in [0.3, 0.4) is 0 Å². The smallest absolute Gasteiger partial charge is 0.224 e. The Hall–Kier alpha value is -8.53. The lowest BCUT2D eigenvalue weighted by atomic mass is 10.1. The molecule has 3 aliphatic rings. The highest BCUT2D eigenvalue weighted by Crippen LogP contribution is 2.42. The Bertz CT molecular complexity index is 3880. The number of ether oxygens (including phenoxy) is 3. The maximum atomic E-state index is 13.4. The average molecular weight is 994 g/mol. The summed E-state index contributed by atoms with van der Waals surface area (Å²) in [6, 6.07) is 52.2. The number of nitrogens with one attached hydrogen (secondary N) is 3. The Morgan fingerprint density at radius 3 is 1.47 bits per heavy atom. The van der Waals surface area contributed by atoms with Crippen molar-refractivity contribution in [3.8, 4) is 80.0 Å². The molecule has 356 valence electrons. The van der Waals surface area contributed by atoms with E-state index in [-0.39, 0.29) is 5.91 Å². The molecule has 1 unspecified atom stereocenters. The van der Waals surface area contributed by atoms with Crippen molar-refractivity contribution in [3.63, 3.8) is 0 Å². The molecule has 1 atom stereocenters. The number of hydrogen-bond donors (Lipinski definition) is 3. The lowest BCUT2D eigenvalue weighted by Crippen LogP contribution is -2.11. The Morgan fingerprint density at radius 1 is 0.479 bits per heavy atom. The second-order valence-corrected chi connectivity index (χ2v) is 20.6. The number of para-hydroxylation sites is 3. The second-order valence-electron chi connectivity index (χ2n) is 17.9. The molecular formula is C58H43N9O4S2. The maximum Gasteiger partial charge on any atom is 0.224 e. The van der Waals surface area contributed by atoms with Gasteiger partial charge in [0.05, 0.1) is 0 Å². The molecule has 13 nitrogen and oxygen atoms in total. The Morgan fingerprint density at radius 2 is 0.945 bits per heavy atom. The highest BCUT2D eigenvalue weighted by Gasteiger charge is 2.25. The van der Waals surface area contributed by atoms with Gasteiger partial charge < -0.3 is 29.5 Å². The number of H-pyrrole nitrogens is 2. The molecular weight excluding hydrogens is 951 g/mol. The SMILES string of the molecule is O=C(CCCCC1CCSS1)Nc1ccc2c3nc4nc(nc5[nH]c(nc6nc(nc([nH]3)c2c1)-c1ccc(Oc2ccccc2)cc1-6)c1ccc(Oc2ccccc2)cc51)-c1ccc(Oc2ccccc2)cc1-4. The normalized spacial score (nSPS) is 13.7. The predicted molar refractivity (Wildman–Crippen MR) is 291 cm³/mol. The number of fused-ring (bicyclic) bond motifs is 20. The molecule has 0 aliphatic carbocycles. The number of rotatable bonds is 12. The van der Waals surface area contributed by atoms with E-state index in [0.717, 1.165) is 63.1 Å². The van der Waals surface area contributed by atoms with Crippen molar-refractivity contribution in [2.45, 2.75) is 37.4 Å². The summed E-state index contributed by atoms with van der Waals surface area (Å²) in [4.78, 5) is 51.8. The fourth-order valence-corrected chi connectivity index (χ4v) is 12.3. The molecule has 0 radical (unpaired) electrons. The summed E-state index contributed by atoms with van der Waals surface area (Å²) in [6.45, 7) is 0. The van der Waals surface area contributed by atoms with Crippen molar-refractivity contribution >= 4 is 77.3 Å². The number of hydrogen-bond acceptors (Lipinski definition) is 12. The van der Waals surface area contributed by atoms with Crippen LogP contribution in [-0.4, -0.2) is 56.8 Å². The number of amides is 1. The van der Waals surface area contributed by atoms with Crippen molar-refractivity contribution in [1.82, 2.24) is 39.9 Å². The molecule has 6 heterocycles. The zero-order valence-corrected chi connectivity index (χ0v) is 40.7. The summed E-state index contributed by atoms with van der Waals surface area (Å²) in [5.74, 6) is 6.81. The van der Waals surface area contributed by atoms with Gasteiger partial charge in [-0.05, 0) is 128 Å². The van der Waals surface area contributed by atoms with Crippen LogP contribution < -0.4 is 19.5 Å². The molecule has 0 spiro atoms. The number of carbonyl (C=O) groups excluding carboxylic acids is 1. The van der Waals surface area contributed by atoms with Crippen molar-refractivity contribution < 1.29 is 19.0 Å². The van der Waals surface area contributed by atoms with E-state index in [1.165, 1.54) is 12.2 Å². The van der Waals surface area contributed by atoms with Crippen LogP contribution in [0.5, 0.6) is 34.5 Å². The van der Waals surface area contributed by atoms with Crippen LogP contribution in [0.15, 0.2) is 164 Å². The van der Waals surface area contributed by atoms with E-state index >= 15 is 0 Å². The third kappa shape index (κ3) is 9.20. The van der Waals surface area contributed by atoms with Gasteiger partial charge in [-0.2, -0.15) is 0 Å². The molecule has 15 heteroatoms. The fraction of sp³-hybridized carbons (Fsp3) is 0.121. The van der Waals surface area contributed by atoms with Crippen LogP contribution in [0.2, 0.25) is 0 Å². The Kier molecular flexibility index (Phi) is 11.7. The van der Waals surface area contributed by atoms with E-state index in [1.54, 1.807) is 0 Å². The van der Waals surface area contributed by atoms with Gasteiger partial charge in [-0.25, -0.2) is 29.9 Å². The van der Waals surface area contributed by atoms with Gasteiger partial charge in [-0.3, -0.25) is 4.79 Å². The van der Waals surface area contributed by atoms with Gasteiger partial charge in [0.15, 0.2) is 23.3 Å². The molecule has 73 heavy (non-hydrogen) atoms. The first kappa shape index (κ1) is 44.4. The van der Waals surface area contributed by atoms with E-state index in [1.807, 2.05) is 185 Å². The van der Waals surface area contributed by atoms with Crippen LogP contribution in [0.4, 0.5) is 5.69 Å². The molecule has 10 aromatic rings. The van der Waals surface area contributed by atoms with Crippen LogP contribution in [0.25, 0.3) is 89.7 Å². The third-order valence-corrected chi connectivity index (χ3v) is 15.9. The third-order valence-electron chi connectivity index (χ3n) is 12.9. The lowest BCUT2D eigenvalue weighted by Gasteiger charge is -2.08. The zero-order valence-electron chi connectivity index (χ0n) is 39.0. The summed E-state index contributed by atoms with van der Waals surface area (Å²) < 4.78 is 19.0. The number of aromatic nitrogens is 8. The first-order valence-electron chi connectivity index (χ1n) is 24.2.